The lowest BCUT2D eigenvalue weighted by Gasteiger charge is -2.15. The molecule has 0 rings (SSSR count). The molecule has 0 fully saturated rings. The molecule has 0 bridgehead atoms. The van der Waals surface area contributed by atoms with Gasteiger partial charge in [0.05, 0.1) is 13.2 Å². The summed E-state index contributed by atoms with van der Waals surface area (Å²) in [4.78, 5) is 47.4. The van der Waals surface area contributed by atoms with E-state index in [1.807, 2.05) is 0 Å². The molecule has 0 saturated carbocycles. The van der Waals surface area contributed by atoms with Crippen LogP contribution in [-0.4, -0.2) is 59.3 Å². The molecule has 0 heterocycles. The third-order valence-corrected chi connectivity index (χ3v) is 9.53. The van der Waals surface area contributed by atoms with Crippen LogP contribution in [0.5, 0.6) is 0 Å². The Kier molecular flexibility index (Phi) is 38.1. The average Bonchev–Trinajstić information content (AvgIpc) is 3.17. The largest absolute Gasteiger partial charge is 0.480 e. The first-order valence-corrected chi connectivity index (χ1v) is 22.0. The topological polar surface area (TPSA) is 142 Å². The highest BCUT2D eigenvalue weighted by Gasteiger charge is 2.18. The van der Waals surface area contributed by atoms with Gasteiger partial charge in [-0.25, -0.2) is 4.79 Å². The number of aliphatic hydroxyl groups is 1. The number of amides is 2. The van der Waals surface area contributed by atoms with Crippen molar-refractivity contribution in [3.05, 3.63) is 48.6 Å². The molecule has 0 aromatic carbocycles. The van der Waals surface area contributed by atoms with Crippen LogP contribution in [0.25, 0.3) is 0 Å². The number of nitrogens with one attached hydrogen (secondary N) is 2. The fourth-order valence-electron chi connectivity index (χ4n) is 6.10. The SMILES string of the molecule is CCCCC/C=C\C/C=C\C(CCCCCCCCC(=O)NCC(=O)NC(CO)C(=O)O)OC(=O)CCCCCCCCC/C=C\C/C=C\CCCCCC. The van der Waals surface area contributed by atoms with E-state index in [9.17, 15) is 19.2 Å². The van der Waals surface area contributed by atoms with Crippen molar-refractivity contribution in [2.24, 2.45) is 0 Å². The summed E-state index contributed by atoms with van der Waals surface area (Å²) < 4.78 is 5.92. The third-order valence-electron chi connectivity index (χ3n) is 9.53. The maximum atomic E-state index is 12.7. The summed E-state index contributed by atoms with van der Waals surface area (Å²) in [6.07, 6.45) is 47.3. The summed E-state index contributed by atoms with van der Waals surface area (Å²) in [6, 6.07) is -1.38. The van der Waals surface area contributed by atoms with E-state index in [4.69, 9.17) is 14.9 Å². The van der Waals surface area contributed by atoms with Gasteiger partial charge >= 0.3 is 11.9 Å². The lowest BCUT2D eigenvalue weighted by atomic mass is 10.1. The lowest BCUT2D eigenvalue weighted by molar-refractivity contribution is -0.147. The van der Waals surface area contributed by atoms with Gasteiger partial charge in [0.1, 0.15) is 12.1 Å². The number of ether oxygens (including phenoxy) is 1. The highest BCUT2D eigenvalue weighted by atomic mass is 16.5. The van der Waals surface area contributed by atoms with Crippen LogP contribution in [0.1, 0.15) is 194 Å². The lowest BCUT2D eigenvalue weighted by Crippen LogP contribution is -2.47. The Labute approximate surface area is 335 Å². The second kappa shape index (κ2) is 40.5. The molecule has 0 radical (unpaired) electrons. The number of aliphatic carboxylic acids is 1. The van der Waals surface area contributed by atoms with Crippen LogP contribution < -0.4 is 10.6 Å². The van der Waals surface area contributed by atoms with Gasteiger partial charge in [0.15, 0.2) is 0 Å². The van der Waals surface area contributed by atoms with Gasteiger partial charge in [-0.3, -0.25) is 14.4 Å². The minimum Gasteiger partial charge on any atom is -0.480 e. The van der Waals surface area contributed by atoms with Crippen molar-refractivity contribution < 1.29 is 34.1 Å². The Balaban J connectivity index is 4.23. The zero-order valence-corrected chi connectivity index (χ0v) is 34.9. The molecule has 0 aliphatic carbocycles. The Morgan fingerprint density at radius 3 is 1.60 bits per heavy atom. The third kappa shape index (κ3) is 37.5. The van der Waals surface area contributed by atoms with Gasteiger partial charge < -0.3 is 25.6 Å². The molecular weight excluding hydrogens is 693 g/mol. The summed E-state index contributed by atoms with van der Waals surface area (Å²) in [5.41, 5.74) is 0. The molecule has 0 aromatic rings. The molecular formula is C46H80N2O7. The predicted octanol–water partition coefficient (Wildman–Crippen LogP) is 10.8. The summed E-state index contributed by atoms with van der Waals surface area (Å²) in [5.74, 6) is -2.36. The van der Waals surface area contributed by atoms with Crippen LogP contribution in [0, 0.1) is 0 Å². The van der Waals surface area contributed by atoms with Crippen LogP contribution in [0.3, 0.4) is 0 Å². The summed E-state index contributed by atoms with van der Waals surface area (Å²) in [7, 11) is 0. The molecule has 2 atom stereocenters. The highest BCUT2D eigenvalue weighted by molar-refractivity contribution is 5.87. The average molecular weight is 773 g/mol. The van der Waals surface area contributed by atoms with Crippen molar-refractivity contribution in [1.29, 1.82) is 0 Å². The van der Waals surface area contributed by atoms with Gasteiger partial charge in [0.25, 0.3) is 0 Å². The summed E-state index contributed by atoms with van der Waals surface area (Å²) >= 11 is 0. The number of carbonyl (C=O) groups is 4. The molecule has 2 amide bonds. The molecule has 55 heavy (non-hydrogen) atoms. The number of allylic oxidation sites excluding steroid dienone is 7. The van der Waals surface area contributed by atoms with Crippen LogP contribution in [0.2, 0.25) is 0 Å². The molecule has 9 nitrogen and oxygen atoms in total. The Hall–Kier alpha value is -3.20. The minimum atomic E-state index is -1.38. The van der Waals surface area contributed by atoms with Gasteiger partial charge in [-0.15, -0.1) is 0 Å². The molecule has 0 aliphatic heterocycles. The van der Waals surface area contributed by atoms with Crippen molar-refractivity contribution in [3.63, 3.8) is 0 Å². The molecule has 0 aromatic heterocycles. The van der Waals surface area contributed by atoms with E-state index in [1.165, 1.54) is 89.9 Å². The number of carboxylic acids is 1. The number of carboxylic acid groups (broad SMARTS) is 1. The fourth-order valence-corrected chi connectivity index (χ4v) is 6.10. The zero-order chi connectivity index (χ0) is 40.5. The number of rotatable bonds is 39. The smallest absolute Gasteiger partial charge is 0.328 e. The normalized spacial score (nSPS) is 12.9. The molecule has 0 aliphatic rings. The second-order valence-corrected chi connectivity index (χ2v) is 14.8. The molecule has 2 unspecified atom stereocenters. The van der Waals surface area contributed by atoms with E-state index in [-0.39, 0.29) is 24.5 Å². The summed E-state index contributed by atoms with van der Waals surface area (Å²) in [6.45, 7) is 3.42. The highest BCUT2D eigenvalue weighted by Crippen LogP contribution is 2.15. The molecule has 316 valence electrons. The molecule has 0 spiro atoms. The maximum Gasteiger partial charge on any atom is 0.328 e. The van der Waals surface area contributed by atoms with Gasteiger partial charge in [-0.2, -0.15) is 0 Å². The number of hydrogen-bond acceptors (Lipinski definition) is 6. The van der Waals surface area contributed by atoms with Crippen LogP contribution in [0.4, 0.5) is 0 Å². The van der Waals surface area contributed by atoms with Gasteiger partial charge in [-0.05, 0) is 83.1 Å². The maximum absolute atomic E-state index is 12.7. The predicted molar refractivity (Wildman–Crippen MR) is 227 cm³/mol. The fraction of sp³-hybridized carbons (Fsp3) is 0.739. The van der Waals surface area contributed by atoms with E-state index in [0.717, 1.165) is 70.6 Å². The number of esters is 1. The van der Waals surface area contributed by atoms with E-state index >= 15 is 0 Å². The number of hydrogen-bond donors (Lipinski definition) is 4. The van der Waals surface area contributed by atoms with Gasteiger partial charge in [-0.1, -0.05) is 146 Å². The van der Waals surface area contributed by atoms with E-state index in [2.05, 4.69) is 73.1 Å². The monoisotopic (exact) mass is 773 g/mol. The Morgan fingerprint density at radius 2 is 1.04 bits per heavy atom. The Morgan fingerprint density at radius 1 is 0.564 bits per heavy atom. The molecule has 4 N–H and O–H groups in total. The summed E-state index contributed by atoms with van der Waals surface area (Å²) in [5, 5.41) is 22.5. The van der Waals surface area contributed by atoms with Crippen molar-refractivity contribution in [2.45, 2.75) is 206 Å². The van der Waals surface area contributed by atoms with Crippen molar-refractivity contribution in [1.82, 2.24) is 10.6 Å². The molecule has 9 heteroatoms. The van der Waals surface area contributed by atoms with E-state index < -0.39 is 24.5 Å². The van der Waals surface area contributed by atoms with Crippen LogP contribution in [0.15, 0.2) is 48.6 Å². The van der Waals surface area contributed by atoms with Gasteiger partial charge in [0.2, 0.25) is 11.8 Å². The first-order chi connectivity index (χ1) is 26.8. The van der Waals surface area contributed by atoms with Crippen LogP contribution >= 0.6 is 0 Å². The van der Waals surface area contributed by atoms with Crippen LogP contribution in [-0.2, 0) is 23.9 Å². The minimum absolute atomic E-state index is 0.103. The quantitative estimate of drug-likeness (QED) is 0.0277. The number of unbranched alkanes of at least 4 members (excludes halogenated alkanes) is 19. The number of aliphatic hydroxyl groups excluding tert-OH is 1. The zero-order valence-electron chi connectivity index (χ0n) is 34.9. The van der Waals surface area contributed by atoms with Crippen molar-refractivity contribution in [2.75, 3.05) is 13.2 Å². The van der Waals surface area contributed by atoms with E-state index in [0.29, 0.717) is 19.3 Å². The number of carbonyl (C=O) groups excluding carboxylic acids is 3. The first-order valence-electron chi connectivity index (χ1n) is 22.0. The van der Waals surface area contributed by atoms with Gasteiger partial charge in [0, 0.05) is 12.8 Å². The molecule has 0 saturated heterocycles. The van der Waals surface area contributed by atoms with Crippen molar-refractivity contribution >= 4 is 23.8 Å². The second-order valence-electron chi connectivity index (χ2n) is 14.8. The Bertz CT molecular complexity index is 1070. The van der Waals surface area contributed by atoms with E-state index in [1.54, 1.807) is 0 Å². The standard InChI is InChI=1S/C46H80N2O7/c1-3-5-7-9-11-13-14-15-16-17-18-19-20-21-22-24-30-34-38-45(52)55-41(35-31-27-23-12-10-8-6-4-2)36-32-28-25-26-29-33-37-43(50)47-39-44(51)48-42(40-49)46(53)54/h12-14,16-17,23,31,35,41-42,49H,3-11,15,18-22,24-30,32-34,36-40H2,1-2H3,(H,47,50)(H,48,51)(H,53,54)/b14-13-,17-16-,23-12-,35-31-. The first kappa shape index (κ1) is 51.8. The van der Waals surface area contributed by atoms with Crippen molar-refractivity contribution in [3.8, 4) is 0 Å².